The van der Waals surface area contributed by atoms with Crippen molar-refractivity contribution in [2.75, 3.05) is 13.7 Å². The van der Waals surface area contributed by atoms with Crippen LogP contribution in [0, 0.1) is 6.92 Å². The lowest BCUT2D eigenvalue weighted by Crippen LogP contribution is -2.38. The van der Waals surface area contributed by atoms with Gasteiger partial charge in [0.05, 0.1) is 13.7 Å². The maximum Gasteiger partial charge on any atom is 0.349 e. The fourth-order valence-electron chi connectivity index (χ4n) is 1.74. The molecule has 1 aliphatic carbocycles. The SMILES string of the molecule is COC(=O)c1scc(C)c1S(=O)(=O)NCC(=O)NC1CC1. The van der Waals surface area contributed by atoms with Gasteiger partial charge in [-0.25, -0.2) is 17.9 Å². The van der Waals surface area contributed by atoms with E-state index >= 15 is 0 Å². The number of esters is 1. The smallest absolute Gasteiger partial charge is 0.349 e. The molecule has 0 unspecified atom stereocenters. The van der Waals surface area contributed by atoms with Crippen molar-refractivity contribution in [2.24, 2.45) is 0 Å². The molecule has 1 aromatic rings. The van der Waals surface area contributed by atoms with Gasteiger partial charge in [0.1, 0.15) is 9.77 Å². The van der Waals surface area contributed by atoms with Gasteiger partial charge < -0.3 is 10.1 Å². The van der Waals surface area contributed by atoms with Crippen LogP contribution in [0.4, 0.5) is 0 Å². The first-order chi connectivity index (χ1) is 9.85. The van der Waals surface area contributed by atoms with Crippen molar-refractivity contribution in [2.45, 2.75) is 30.7 Å². The predicted octanol–water partition coefficient (Wildman–Crippen LogP) is 0.400. The van der Waals surface area contributed by atoms with Crippen LogP contribution in [-0.2, 0) is 19.6 Å². The number of sulfonamides is 1. The number of hydrogen-bond donors (Lipinski definition) is 2. The minimum atomic E-state index is -3.95. The molecule has 0 aliphatic heterocycles. The molecule has 2 N–H and O–H groups in total. The second kappa shape index (κ2) is 6.12. The summed E-state index contributed by atoms with van der Waals surface area (Å²) in [5, 5.41) is 4.24. The van der Waals surface area contributed by atoms with Gasteiger partial charge >= 0.3 is 5.97 Å². The molecule has 1 aromatic heterocycles. The Hall–Kier alpha value is -1.45. The Kier molecular flexibility index (Phi) is 4.64. The molecule has 0 radical (unpaired) electrons. The summed E-state index contributed by atoms with van der Waals surface area (Å²) in [5.41, 5.74) is 0.440. The first-order valence-corrected chi connectivity index (χ1v) is 8.67. The minimum absolute atomic E-state index is 0.00472. The lowest BCUT2D eigenvalue weighted by Gasteiger charge is -2.08. The summed E-state index contributed by atoms with van der Waals surface area (Å²) in [6.45, 7) is 1.23. The summed E-state index contributed by atoms with van der Waals surface area (Å²) in [6, 6.07) is 0.163. The fraction of sp³-hybridized carbons (Fsp3) is 0.500. The number of ether oxygens (including phenoxy) is 1. The molecule has 1 saturated carbocycles. The maximum atomic E-state index is 12.3. The van der Waals surface area contributed by atoms with Gasteiger partial charge in [0.2, 0.25) is 15.9 Å². The van der Waals surface area contributed by atoms with E-state index in [-0.39, 0.29) is 28.3 Å². The number of amides is 1. The average molecular weight is 332 g/mol. The van der Waals surface area contributed by atoms with E-state index in [0.29, 0.717) is 5.56 Å². The van der Waals surface area contributed by atoms with Crippen LogP contribution in [0.1, 0.15) is 28.1 Å². The van der Waals surface area contributed by atoms with Crippen LogP contribution in [0.25, 0.3) is 0 Å². The topological polar surface area (TPSA) is 102 Å². The van der Waals surface area contributed by atoms with Crippen LogP contribution in [0.3, 0.4) is 0 Å². The Morgan fingerprint density at radius 1 is 1.43 bits per heavy atom. The fourth-order valence-corrected chi connectivity index (χ4v) is 4.42. The predicted molar refractivity (Wildman–Crippen MR) is 76.7 cm³/mol. The highest BCUT2D eigenvalue weighted by molar-refractivity contribution is 7.89. The molecule has 0 atom stereocenters. The number of hydrogen-bond acceptors (Lipinski definition) is 6. The third kappa shape index (κ3) is 3.80. The number of nitrogens with one attached hydrogen (secondary N) is 2. The highest BCUT2D eigenvalue weighted by Gasteiger charge is 2.29. The zero-order valence-corrected chi connectivity index (χ0v) is 13.3. The van der Waals surface area contributed by atoms with Crippen LogP contribution < -0.4 is 10.0 Å². The van der Waals surface area contributed by atoms with Crippen molar-refractivity contribution in [1.29, 1.82) is 0 Å². The molecule has 2 rings (SSSR count). The summed E-state index contributed by atoms with van der Waals surface area (Å²) in [7, 11) is -2.76. The molecule has 21 heavy (non-hydrogen) atoms. The van der Waals surface area contributed by atoms with Gasteiger partial charge in [-0.05, 0) is 30.7 Å². The maximum absolute atomic E-state index is 12.3. The summed E-state index contributed by atoms with van der Waals surface area (Å²) >= 11 is 0.996. The molecular weight excluding hydrogens is 316 g/mol. The number of rotatable bonds is 6. The largest absolute Gasteiger partial charge is 0.465 e. The van der Waals surface area contributed by atoms with E-state index in [4.69, 9.17) is 0 Å². The number of thiophene rings is 1. The molecule has 0 saturated heterocycles. The molecule has 116 valence electrons. The number of methoxy groups -OCH3 is 1. The monoisotopic (exact) mass is 332 g/mol. The van der Waals surface area contributed by atoms with Gasteiger partial charge in [0.25, 0.3) is 0 Å². The second-order valence-electron chi connectivity index (χ2n) is 4.73. The molecular formula is C12H16N2O5S2. The van der Waals surface area contributed by atoms with Crippen molar-refractivity contribution < 1.29 is 22.7 Å². The zero-order valence-electron chi connectivity index (χ0n) is 11.6. The van der Waals surface area contributed by atoms with Crippen LogP contribution in [0.5, 0.6) is 0 Å². The average Bonchev–Trinajstić information content (AvgIpc) is 3.15. The van der Waals surface area contributed by atoms with Gasteiger partial charge in [-0.1, -0.05) is 0 Å². The van der Waals surface area contributed by atoms with Crippen molar-refractivity contribution in [3.05, 3.63) is 15.8 Å². The summed E-state index contributed by atoms with van der Waals surface area (Å²) in [5.74, 6) is -1.09. The molecule has 0 spiro atoms. The van der Waals surface area contributed by atoms with E-state index in [1.54, 1.807) is 12.3 Å². The lowest BCUT2D eigenvalue weighted by atomic mass is 10.3. The third-order valence-corrected chi connectivity index (χ3v) is 5.72. The number of carbonyl (C=O) groups is 2. The Bertz CT molecular complexity index is 661. The molecule has 7 nitrogen and oxygen atoms in total. The van der Waals surface area contributed by atoms with Gasteiger partial charge in [0, 0.05) is 6.04 Å². The molecule has 9 heteroatoms. The molecule has 0 bridgehead atoms. The van der Waals surface area contributed by atoms with Crippen LogP contribution in [0.15, 0.2) is 10.3 Å². The Balaban J connectivity index is 2.13. The zero-order chi connectivity index (χ0) is 15.6. The normalized spacial score (nSPS) is 14.8. The van der Waals surface area contributed by atoms with Crippen LogP contribution in [0.2, 0.25) is 0 Å². The Morgan fingerprint density at radius 2 is 2.10 bits per heavy atom. The van der Waals surface area contributed by atoms with Gasteiger partial charge in [0.15, 0.2) is 0 Å². The number of aryl methyl sites for hydroxylation is 1. The molecule has 1 aliphatic rings. The van der Waals surface area contributed by atoms with Gasteiger partial charge in [-0.3, -0.25) is 4.79 Å². The van der Waals surface area contributed by atoms with E-state index in [1.807, 2.05) is 0 Å². The van der Waals surface area contributed by atoms with Crippen molar-refractivity contribution >= 4 is 33.2 Å². The minimum Gasteiger partial charge on any atom is -0.465 e. The van der Waals surface area contributed by atoms with Crippen LogP contribution in [-0.4, -0.2) is 40.0 Å². The quantitative estimate of drug-likeness (QED) is 0.734. The van der Waals surface area contributed by atoms with Gasteiger partial charge in [-0.15, -0.1) is 11.3 Å². The van der Waals surface area contributed by atoms with E-state index < -0.39 is 16.0 Å². The van der Waals surface area contributed by atoms with E-state index in [0.717, 1.165) is 24.2 Å². The Labute approximate surface area is 126 Å². The van der Waals surface area contributed by atoms with E-state index in [1.165, 1.54) is 7.11 Å². The van der Waals surface area contributed by atoms with E-state index in [9.17, 15) is 18.0 Å². The van der Waals surface area contributed by atoms with Gasteiger partial charge in [-0.2, -0.15) is 0 Å². The summed E-state index contributed by atoms with van der Waals surface area (Å²) < 4.78 is 31.3. The third-order valence-electron chi connectivity index (χ3n) is 2.92. The van der Waals surface area contributed by atoms with Crippen molar-refractivity contribution in [3.8, 4) is 0 Å². The summed E-state index contributed by atoms with van der Waals surface area (Å²) in [4.78, 5) is 23.0. The number of carbonyl (C=O) groups excluding carboxylic acids is 2. The van der Waals surface area contributed by atoms with E-state index in [2.05, 4.69) is 14.8 Å². The first kappa shape index (κ1) is 15.9. The van der Waals surface area contributed by atoms with Crippen molar-refractivity contribution in [3.63, 3.8) is 0 Å². The van der Waals surface area contributed by atoms with Crippen molar-refractivity contribution in [1.82, 2.24) is 10.0 Å². The first-order valence-electron chi connectivity index (χ1n) is 6.30. The Morgan fingerprint density at radius 3 is 2.67 bits per heavy atom. The molecule has 0 aromatic carbocycles. The standard InChI is InChI=1S/C12H16N2O5S2/c1-7-6-20-10(12(16)19-2)11(7)21(17,18)13-5-9(15)14-8-3-4-8/h6,8,13H,3-5H2,1-2H3,(H,14,15). The second-order valence-corrected chi connectivity index (χ2v) is 7.32. The molecule has 1 amide bonds. The highest BCUT2D eigenvalue weighted by Crippen LogP contribution is 2.27. The molecule has 1 heterocycles. The highest BCUT2D eigenvalue weighted by atomic mass is 32.2. The lowest BCUT2D eigenvalue weighted by molar-refractivity contribution is -0.120. The molecule has 1 fully saturated rings. The summed E-state index contributed by atoms with van der Waals surface area (Å²) in [6.07, 6.45) is 1.85. The van der Waals surface area contributed by atoms with Crippen LogP contribution >= 0.6 is 11.3 Å².